The number of nitrogens with zero attached hydrogens (tertiary/aromatic N) is 5. The fraction of sp³-hybridized carbons (Fsp3) is 0.579. The van der Waals surface area contributed by atoms with Crippen LogP contribution in [0.15, 0.2) is 30.1 Å². The molecule has 2 aliphatic rings. The van der Waals surface area contributed by atoms with Crippen molar-refractivity contribution in [3.8, 4) is 0 Å². The molecule has 0 bridgehead atoms. The highest BCUT2D eigenvalue weighted by Crippen LogP contribution is 2.34. The molecule has 4 heterocycles. The van der Waals surface area contributed by atoms with Crippen LogP contribution in [0.4, 0.5) is 13.2 Å². The third kappa shape index (κ3) is 5.24. The molecule has 12 heteroatoms. The van der Waals surface area contributed by atoms with Crippen molar-refractivity contribution >= 4 is 11.6 Å². The second-order valence-electron chi connectivity index (χ2n) is 7.95. The minimum atomic E-state index is -4.45. The lowest BCUT2D eigenvalue weighted by atomic mass is 9.88. The number of aromatic nitrogens is 4. The van der Waals surface area contributed by atoms with Gasteiger partial charge in [0.05, 0.1) is 19.1 Å². The van der Waals surface area contributed by atoms with E-state index in [0.717, 1.165) is 32.0 Å². The van der Waals surface area contributed by atoms with Gasteiger partial charge in [-0.1, -0.05) is 5.16 Å². The number of piperidine rings is 1. The second-order valence-corrected chi connectivity index (χ2v) is 7.95. The van der Waals surface area contributed by atoms with Gasteiger partial charge < -0.3 is 19.7 Å². The number of nitrogens with one attached hydrogen (secondary N) is 2. The Morgan fingerprint density at radius 1 is 1.39 bits per heavy atom. The Balaban J connectivity index is 1.25. The Bertz CT molecular complexity index is 925. The van der Waals surface area contributed by atoms with Crippen LogP contribution < -0.4 is 5.32 Å². The lowest BCUT2D eigenvalue weighted by Gasteiger charge is -2.37. The van der Waals surface area contributed by atoms with E-state index < -0.39 is 17.5 Å². The molecule has 1 fully saturated rings. The van der Waals surface area contributed by atoms with Gasteiger partial charge in [0.15, 0.2) is 5.60 Å². The first kappa shape index (κ1) is 21.3. The summed E-state index contributed by atoms with van der Waals surface area (Å²) in [6, 6.07) is 0. The van der Waals surface area contributed by atoms with E-state index in [4.69, 9.17) is 4.84 Å². The van der Waals surface area contributed by atoms with Crippen LogP contribution in [0, 0.1) is 0 Å². The van der Waals surface area contributed by atoms with Gasteiger partial charge in [-0.2, -0.15) is 13.2 Å². The first-order chi connectivity index (χ1) is 14.8. The molecule has 2 aliphatic heterocycles. The summed E-state index contributed by atoms with van der Waals surface area (Å²) in [6.07, 6.45) is 4.32. The smallest absolute Gasteiger partial charge is 0.387 e. The van der Waals surface area contributed by atoms with Crippen LogP contribution in [0.5, 0.6) is 0 Å². The Morgan fingerprint density at radius 2 is 2.26 bits per heavy atom. The van der Waals surface area contributed by atoms with Crippen molar-refractivity contribution in [1.29, 1.82) is 0 Å². The van der Waals surface area contributed by atoms with Gasteiger partial charge in [-0.15, -0.1) is 0 Å². The fourth-order valence-electron chi connectivity index (χ4n) is 3.97. The topological polar surface area (TPSA) is 100 Å². The summed E-state index contributed by atoms with van der Waals surface area (Å²) in [5.41, 5.74) is -1.13. The predicted octanol–water partition coefficient (Wildman–Crippen LogP) is 1.94. The largest absolute Gasteiger partial charge is 0.432 e. The Hall–Kier alpha value is -2.89. The van der Waals surface area contributed by atoms with Crippen molar-refractivity contribution in [2.24, 2.45) is 5.16 Å². The highest BCUT2D eigenvalue weighted by atomic mass is 19.4. The fourth-order valence-corrected chi connectivity index (χ4v) is 3.97. The van der Waals surface area contributed by atoms with Crippen LogP contribution in [0.2, 0.25) is 0 Å². The van der Waals surface area contributed by atoms with E-state index in [0.29, 0.717) is 31.8 Å². The van der Waals surface area contributed by atoms with Gasteiger partial charge in [-0.05, 0) is 25.8 Å². The van der Waals surface area contributed by atoms with Crippen molar-refractivity contribution in [3.05, 3.63) is 36.4 Å². The number of aromatic amines is 1. The molecule has 2 N–H and O–H groups in total. The maximum atomic E-state index is 12.8. The third-order valence-electron chi connectivity index (χ3n) is 5.46. The van der Waals surface area contributed by atoms with E-state index >= 15 is 0 Å². The van der Waals surface area contributed by atoms with E-state index in [9.17, 15) is 18.0 Å². The summed E-state index contributed by atoms with van der Waals surface area (Å²) in [7, 11) is 0. The minimum absolute atomic E-state index is 0.247. The molecule has 1 spiro atoms. The van der Waals surface area contributed by atoms with E-state index in [2.05, 4.69) is 25.4 Å². The molecule has 0 aromatic carbocycles. The molecule has 0 aliphatic carbocycles. The predicted molar refractivity (Wildman–Crippen MR) is 104 cm³/mol. The number of hydrogen-bond donors (Lipinski definition) is 2. The lowest BCUT2D eigenvalue weighted by molar-refractivity contribution is -0.141. The van der Waals surface area contributed by atoms with Crippen LogP contribution in [0.3, 0.4) is 0 Å². The number of halogens is 3. The van der Waals surface area contributed by atoms with Crippen LogP contribution >= 0.6 is 0 Å². The summed E-state index contributed by atoms with van der Waals surface area (Å²) in [4.78, 5) is 30.2. The van der Waals surface area contributed by atoms with E-state index in [1.807, 2.05) is 15.7 Å². The zero-order valence-electron chi connectivity index (χ0n) is 16.9. The normalized spacial score (nSPS) is 21.8. The quantitative estimate of drug-likeness (QED) is 0.643. The standard InChI is InChI=1S/C19H24F3N7O2/c20-19(21,22)15-10-25-16(26-15)11-29-6-1-3-18(12-29)9-14(27-31-18)17(30)24-4-2-7-28-8-5-23-13-28/h5,8,10,13H,1-4,6-7,9,11-12H2,(H,24,30)(H,25,26). The SMILES string of the molecule is O=C(NCCCn1ccnc1)C1=NOC2(CCCN(Cc3ncc(C(F)(F)F)[nH]3)C2)C1. The number of carbonyl (C=O) groups excluding carboxylic acids is 1. The van der Waals surface area contributed by atoms with Gasteiger partial charge in [0.1, 0.15) is 17.2 Å². The molecule has 1 saturated heterocycles. The molecule has 2 aromatic heterocycles. The molecule has 168 valence electrons. The lowest BCUT2D eigenvalue weighted by Crippen LogP contribution is -2.48. The summed E-state index contributed by atoms with van der Waals surface area (Å²) >= 11 is 0. The monoisotopic (exact) mass is 439 g/mol. The summed E-state index contributed by atoms with van der Waals surface area (Å²) < 4.78 is 40.2. The second kappa shape index (κ2) is 8.69. The molecule has 0 radical (unpaired) electrons. The number of imidazole rings is 2. The molecular weight excluding hydrogens is 415 g/mol. The maximum absolute atomic E-state index is 12.8. The molecule has 1 atom stereocenters. The number of likely N-dealkylation sites (tertiary alicyclic amines) is 1. The van der Waals surface area contributed by atoms with Gasteiger partial charge >= 0.3 is 6.18 Å². The van der Waals surface area contributed by atoms with Crippen LogP contribution in [-0.2, 0) is 28.9 Å². The van der Waals surface area contributed by atoms with Crippen molar-refractivity contribution in [2.75, 3.05) is 19.6 Å². The van der Waals surface area contributed by atoms with Crippen molar-refractivity contribution in [3.63, 3.8) is 0 Å². The Morgan fingerprint density at radius 3 is 3.00 bits per heavy atom. The summed E-state index contributed by atoms with van der Waals surface area (Å²) in [6.45, 7) is 2.69. The first-order valence-corrected chi connectivity index (χ1v) is 10.2. The molecule has 1 amide bonds. The Kier molecular flexibility index (Phi) is 5.99. The third-order valence-corrected chi connectivity index (χ3v) is 5.46. The molecule has 4 rings (SSSR count). The van der Waals surface area contributed by atoms with Crippen molar-refractivity contribution in [2.45, 2.75) is 50.6 Å². The molecular formula is C19H24F3N7O2. The maximum Gasteiger partial charge on any atom is 0.432 e. The van der Waals surface area contributed by atoms with Gasteiger partial charge in [-0.3, -0.25) is 9.69 Å². The average molecular weight is 439 g/mol. The number of alkyl halides is 3. The van der Waals surface area contributed by atoms with Crippen molar-refractivity contribution < 1.29 is 22.8 Å². The molecule has 0 saturated carbocycles. The number of oxime groups is 1. The van der Waals surface area contributed by atoms with Gasteiger partial charge in [-0.25, -0.2) is 9.97 Å². The van der Waals surface area contributed by atoms with Gasteiger partial charge in [0.25, 0.3) is 5.91 Å². The summed E-state index contributed by atoms with van der Waals surface area (Å²) in [5, 5.41) is 6.87. The van der Waals surface area contributed by atoms with Crippen molar-refractivity contribution in [1.82, 2.24) is 29.7 Å². The zero-order valence-corrected chi connectivity index (χ0v) is 16.9. The van der Waals surface area contributed by atoms with E-state index in [-0.39, 0.29) is 18.3 Å². The van der Waals surface area contributed by atoms with Gasteiger partial charge in [0.2, 0.25) is 0 Å². The average Bonchev–Trinajstić information content (AvgIpc) is 3.46. The highest BCUT2D eigenvalue weighted by Gasteiger charge is 2.44. The number of aryl methyl sites for hydroxylation is 1. The Labute approximate surface area is 176 Å². The number of rotatable bonds is 7. The van der Waals surface area contributed by atoms with Crippen LogP contribution in [0.25, 0.3) is 0 Å². The molecule has 31 heavy (non-hydrogen) atoms. The molecule has 9 nitrogen and oxygen atoms in total. The van der Waals surface area contributed by atoms with E-state index in [1.54, 1.807) is 12.5 Å². The molecule has 2 aromatic rings. The number of hydrogen-bond acceptors (Lipinski definition) is 6. The number of carbonyl (C=O) groups is 1. The minimum Gasteiger partial charge on any atom is -0.387 e. The number of H-pyrrole nitrogens is 1. The first-order valence-electron chi connectivity index (χ1n) is 10.2. The number of amides is 1. The highest BCUT2D eigenvalue weighted by molar-refractivity contribution is 6.39. The molecule has 1 unspecified atom stereocenters. The zero-order chi connectivity index (χ0) is 21.9. The van der Waals surface area contributed by atoms with Crippen LogP contribution in [0.1, 0.15) is 37.2 Å². The van der Waals surface area contributed by atoms with E-state index in [1.165, 1.54) is 0 Å². The van der Waals surface area contributed by atoms with Gasteiger partial charge in [0, 0.05) is 38.4 Å². The van der Waals surface area contributed by atoms with Crippen LogP contribution in [-0.4, -0.2) is 61.3 Å². The summed E-state index contributed by atoms with van der Waals surface area (Å²) in [5.74, 6) is -0.000341.